The maximum atomic E-state index is 5.70. The molecular formula is C9H11Cl2N. The van der Waals surface area contributed by atoms with Crippen LogP contribution in [-0.2, 0) is 0 Å². The first-order valence-corrected chi connectivity index (χ1v) is 3.83. The highest BCUT2D eigenvalue weighted by Crippen LogP contribution is 2.10. The number of rotatable bonds is 2. The minimum absolute atomic E-state index is 0. The number of benzene rings is 1. The van der Waals surface area contributed by atoms with E-state index in [0.29, 0.717) is 6.54 Å². The fourth-order valence-corrected chi connectivity index (χ4v) is 0.904. The van der Waals surface area contributed by atoms with Crippen molar-refractivity contribution in [1.82, 2.24) is 0 Å². The first kappa shape index (κ1) is 11.5. The summed E-state index contributed by atoms with van der Waals surface area (Å²) < 4.78 is 0. The Balaban J connectivity index is 0.00000121. The third kappa shape index (κ3) is 3.77. The van der Waals surface area contributed by atoms with Crippen molar-refractivity contribution < 1.29 is 0 Å². The van der Waals surface area contributed by atoms with Crippen LogP contribution in [-0.4, -0.2) is 6.54 Å². The average Bonchev–Trinajstić information content (AvgIpc) is 2.04. The molecule has 3 heteroatoms. The SMILES string of the molecule is Cl.NC/C=C/c1ccc(Cl)cc1. The van der Waals surface area contributed by atoms with Gasteiger partial charge >= 0.3 is 0 Å². The van der Waals surface area contributed by atoms with E-state index in [1.165, 1.54) is 0 Å². The Labute approximate surface area is 83.6 Å². The van der Waals surface area contributed by atoms with E-state index >= 15 is 0 Å². The molecule has 1 rings (SSSR count). The lowest BCUT2D eigenvalue weighted by atomic mass is 10.2. The van der Waals surface area contributed by atoms with Crippen LogP contribution in [0, 0.1) is 0 Å². The van der Waals surface area contributed by atoms with Crippen LogP contribution in [0.5, 0.6) is 0 Å². The van der Waals surface area contributed by atoms with Gasteiger partial charge in [-0.05, 0) is 17.7 Å². The van der Waals surface area contributed by atoms with Crippen LogP contribution >= 0.6 is 24.0 Å². The first-order chi connectivity index (χ1) is 5.33. The molecule has 0 aliphatic carbocycles. The second-order valence-electron chi connectivity index (χ2n) is 2.19. The lowest BCUT2D eigenvalue weighted by Gasteiger charge is -1.91. The molecule has 1 aromatic carbocycles. The summed E-state index contributed by atoms with van der Waals surface area (Å²) in [5.41, 5.74) is 6.42. The van der Waals surface area contributed by atoms with Crippen LogP contribution in [0.15, 0.2) is 30.3 Å². The topological polar surface area (TPSA) is 26.0 Å². The quantitative estimate of drug-likeness (QED) is 0.787. The summed E-state index contributed by atoms with van der Waals surface area (Å²) in [4.78, 5) is 0. The van der Waals surface area contributed by atoms with Crippen molar-refractivity contribution in [2.45, 2.75) is 0 Å². The Hall–Kier alpha value is -0.500. The molecule has 0 unspecified atom stereocenters. The fraction of sp³-hybridized carbons (Fsp3) is 0.111. The van der Waals surface area contributed by atoms with Crippen molar-refractivity contribution in [3.8, 4) is 0 Å². The van der Waals surface area contributed by atoms with Crippen LogP contribution in [0.1, 0.15) is 5.56 Å². The van der Waals surface area contributed by atoms with Crippen molar-refractivity contribution in [1.29, 1.82) is 0 Å². The van der Waals surface area contributed by atoms with Crippen molar-refractivity contribution in [3.63, 3.8) is 0 Å². The number of hydrogen-bond donors (Lipinski definition) is 1. The summed E-state index contributed by atoms with van der Waals surface area (Å²) in [6.45, 7) is 0.572. The molecule has 0 fully saturated rings. The Bertz CT molecular complexity index is 241. The molecule has 0 aliphatic rings. The van der Waals surface area contributed by atoms with Crippen LogP contribution in [0.3, 0.4) is 0 Å². The molecule has 12 heavy (non-hydrogen) atoms. The van der Waals surface area contributed by atoms with Crippen LogP contribution in [0.2, 0.25) is 5.02 Å². The minimum atomic E-state index is 0. The second kappa shape index (κ2) is 6.06. The summed E-state index contributed by atoms with van der Waals surface area (Å²) in [5.74, 6) is 0. The number of halogens is 2. The molecule has 0 aliphatic heterocycles. The van der Waals surface area contributed by atoms with Gasteiger partial charge in [0.05, 0.1) is 0 Å². The average molecular weight is 204 g/mol. The van der Waals surface area contributed by atoms with Gasteiger partial charge in [-0.25, -0.2) is 0 Å². The third-order valence-corrected chi connectivity index (χ3v) is 1.57. The maximum absolute atomic E-state index is 5.70. The molecule has 0 atom stereocenters. The van der Waals surface area contributed by atoms with E-state index < -0.39 is 0 Å². The predicted molar refractivity (Wildman–Crippen MR) is 56.8 cm³/mol. The van der Waals surface area contributed by atoms with Crippen LogP contribution < -0.4 is 5.73 Å². The van der Waals surface area contributed by atoms with Crippen LogP contribution in [0.4, 0.5) is 0 Å². The highest BCUT2D eigenvalue weighted by Gasteiger charge is 1.85. The molecule has 0 radical (unpaired) electrons. The Morgan fingerprint density at radius 2 is 1.83 bits per heavy atom. The van der Waals surface area contributed by atoms with Crippen molar-refractivity contribution in [2.75, 3.05) is 6.54 Å². The van der Waals surface area contributed by atoms with E-state index in [1.807, 2.05) is 36.4 Å². The van der Waals surface area contributed by atoms with E-state index in [1.54, 1.807) is 0 Å². The molecule has 0 bridgehead atoms. The zero-order valence-corrected chi connectivity index (χ0v) is 8.11. The van der Waals surface area contributed by atoms with Gasteiger partial charge in [-0.2, -0.15) is 0 Å². The van der Waals surface area contributed by atoms with Gasteiger partial charge in [-0.15, -0.1) is 12.4 Å². The van der Waals surface area contributed by atoms with Gasteiger partial charge in [0.15, 0.2) is 0 Å². The summed E-state index contributed by atoms with van der Waals surface area (Å²) in [6, 6.07) is 7.62. The van der Waals surface area contributed by atoms with Crippen molar-refractivity contribution in [3.05, 3.63) is 40.9 Å². The van der Waals surface area contributed by atoms with E-state index in [-0.39, 0.29) is 12.4 Å². The lowest BCUT2D eigenvalue weighted by Crippen LogP contribution is -1.91. The van der Waals surface area contributed by atoms with E-state index in [0.717, 1.165) is 10.6 Å². The smallest absolute Gasteiger partial charge is 0.0406 e. The Kier molecular flexibility index (Phi) is 5.81. The van der Waals surface area contributed by atoms with Gasteiger partial charge in [-0.3, -0.25) is 0 Å². The van der Waals surface area contributed by atoms with Crippen molar-refractivity contribution in [2.24, 2.45) is 5.73 Å². The predicted octanol–water partition coefficient (Wildman–Crippen LogP) is 2.73. The molecule has 0 saturated carbocycles. The summed E-state index contributed by atoms with van der Waals surface area (Å²) >= 11 is 5.70. The second-order valence-corrected chi connectivity index (χ2v) is 2.63. The fourth-order valence-electron chi connectivity index (χ4n) is 0.778. The lowest BCUT2D eigenvalue weighted by molar-refractivity contribution is 1.26. The number of nitrogens with two attached hydrogens (primary N) is 1. The summed E-state index contributed by atoms with van der Waals surface area (Å²) in [6.07, 6.45) is 3.87. The zero-order valence-electron chi connectivity index (χ0n) is 6.53. The molecule has 1 aromatic rings. The minimum Gasteiger partial charge on any atom is -0.327 e. The summed E-state index contributed by atoms with van der Waals surface area (Å²) in [5, 5.41) is 0.759. The third-order valence-electron chi connectivity index (χ3n) is 1.32. The molecule has 0 spiro atoms. The highest BCUT2D eigenvalue weighted by atomic mass is 35.5. The Morgan fingerprint density at radius 1 is 1.25 bits per heavy atom. The van der Waals surface area contributed by atoms with E-state index in [2.05, 4.69) is 0 Å². The van der Waals surface area contributed by atoms with Gasteiger partial charge in [0, 0.05) is 11.6 Å². The van der Waals surface area contributed by atoms with Gasteiger partial charge < -0.3 is 5.73 Å². The largest absolute Gasteiger partial charge is 0.327 e. The zero-order chi connectivity index (χ0) is 8.10. The Morgan fingerprint density at radius 3 is 2.33 bits per heavy atom. The van der Waals surface area contributed by atoms with Gasteiger partial charge in [0.2, 0.25) is 0 Å². The van der Waals surface area contributed by atoms with E-state index in [9.17, 15) is 0 Å². The monoisotopic (exact) mass is 203 g/mol. The molecule has 0 amide bonds. The van der Waals surface area contributed by atoms with E-state index in [4.69, 9.17) is 17.3 Å². The number of hydrogen-bond acceptors (Lipinski definition) is 1. The molecular weight excluding hydrogens is 193 g/mol. The van der Waals surface area contributed by atoms with Crippen LogP contribution in [0.25, 0.3) is 6.08 Å². The summed E-state index contributed by atoms with van der Waals surface area (Å²) in [7, 11) is 0. The standard InChI is InChI=1S/C9H10ClN.ClH/c10-9-5-3-8(4-6-9)2-1-7-11;/h1-6H,7,11H2;1H/b2-1+;. The first-order valence-electron chi connectivity index (χ1n) is 3.45. The van der Waals surface area contributed by atoms with Crippen molar-refractivity contribution >= 4 is 30.1 Å². The van der Waals surface area contributed by atoms with Gasteiger partial charge in [0.1, 0.15) is 0 Å². The van der Waals surface area contributed by atoms with Gasteiger partial charge in [0.25, 0.3) is 0 Å². The molecule has 2 N–H and O–H groups in total. The molecule has 0 saturated heterocycles. The molecule has 66 valence electrons. The molecule has 0 aromatic heterocycles. The molecule has 1 nitrogen and oxygen atoms in total. The highest BCUT2D eigenvalue weighted by molar-refractivity contribution is 6.30. The normalized spacial score (nSPS) is 9.83. The molecule has 0 heterocycles. The maximum Gasteiger partial charge on any atom is 0.0406 e. The van der Waals surface area contributed by atoms with Gasteiger partial charge in [-0.1, -0.05) is 35.9 Å².